The lowest BCUT2D eigenvalue weighted by atomic mass is 10.1. The quantitative estimate of drug-likeness (QED) is 0.853. The average Bonchev–Trinajstić information content (AvgIpc) is 2.93. The van der Waals surface area contributed by atoms with Crippen LogP contribution in [0.3, 0.4) is 0 Å². The number of hydrogen-bond acceptors (Lipinski definition) is 3. The lowest BCUT2D eigenvalue weighted by Gasteiger charge is -2.27. The Kier molecular flexibility index (Phi) is 5.53. The van der Waals surface area contributed by atoms with Crippen molar-refractivity contribution in [2.24, 2.45) is 0 Å². The fourth-order valence-electron chi connectivity index (χ4n) is 3.29. The number of carbonyl (C=O) groups is 2. The first-order chi connectivity index (χ1) is 12.3. The molecule has 0 radical (unpaired) electrons. The summed E-state index contributed by atoms with van der Waals surface area (Å²) in [5, 5.41) is 14.4. The molecule has 0 fully saturated rings. The molecule has 1 aliphatic rings. The highest BCUT2D eigenvalue weighted by atomic mass is 35.5. The molecule has 6 nitrogen and oxygen atoms in total. The van der Waals surface area contributed by atoms with Crippen molar-refractivity contribution in [2.45, 2.75) is 38.8 Å². The Labute approximate surface area is 161 Å². The van der Waals surface area contributed by atoms with Gasteiger partial charge >= 0.3 is 5.97 Å². The largest absolute Gasteiger partial charge is 0.476 e. The molecule has 1 amide bonds. The Bertz CT molecular complexity index is 830. The van der Waals surface area contributed by atoms with E-state index < -0.39 is 5.97 Å². The minimum Gasteiger partial charge on any atom is -0.476 e. The molecule has 3 rings (SSSR count). The molecule has 0 spiro atoms. The number of carboxylic acids is 1. The zero-order valence-electron chi connectivity index (χ0n) is 14.3. The monoisotopic (exact) mass is 395 g/mol. The maximum absolute atomic E-state index is 12.8. The summed E-state index contributed by atoms with van der Waals surface area (Å²) in [7, 11) is 0. The molecule has 1 N–H and O–H groups in total. The number of fused-ring (bicyclic) bond motifs is 1. The first-order valence-electron chi connectivity index (χ1n) is 8.40. The van der Waals surface area contributed by atoms with Crippen LogP contribution >= 0.6 is 23.2 Å². The average molecular weight is 396 g/mol. The van der Waals surface area contributed by atoms with E-state index in [2.05, 4.69) is 5.10 Å². The summed E-state index contributed by atoms with van der Waals surface area (Å²) in [6.45, 7) is 3.11. The third kappa shape index (κ3) is 4.02. The van der Waals surface area contributed by atoms with Crippen LogP contribution in [0.4, 0.5) is 0 Å². The molecule has 0 bridgehead atoms. The number of hydrogen-bond donors (Lipinski definition) is 1. The van der Waals surface area contributed by atoms with Gasteiger partial charge in [0.15, 0.2) is 5.69 Å². The van der Waals surface area contributed by atoms with Crippen molar-refractivity contribution in [3.05, 3.63) is 51.3 Å². The van der Waals surface area contributed by atoms with Crippen LogP contribution in [0.5, 0.6) is 0 Å². The Morgan fingerprint density at radius 3 is 2.54 bits per heavy atom. The van der Waals surface area contributed by atoms with Gasteiger partial charge in [-0.3, -0.25) is 9.48 Å². The van der Waals surface area contributed by atoms with E-state index in [1.165, 1.54) is 0 Å². The molecule has 2 aromatic rings. The molecule has 8 heteroatoms. The van der Waals surface area contributed by atoms with Gasteiger partial charge in [0.1, 0.15) is 0 Å². The van der Waals surface area contributed by atoms with Crippen molar-refractivity contribution >= 4 is 35.1 Å². The number of aryl methyl sites for hydroxylation is 2. The maximum Gasteiger partial charge on any atom is 0.356 e. The number of nitrogens with zero attached hydrogens (tertiary/aromatic N) is 3. The Morgan fingerprint density at radius 1 is 1.19 bits per heavy atom. The van der Waals surface area contributed by atoms with Crippen LogP contribution in [-0.4, -0.2) is 38.2 Å². The number of halogens is 2. The van der Waals surface area contributed by atoms with E-state index in [0.717, 1.165) is 17.7 Å². The fraction of sp³-hybridized carbons (Fsp3) is 0.389. The third-order valence-corrected chi connectivity index (χ3v) is 5.00. The summed E-state index contributed by atoms with van der Waals surface area (Å²) in [6, 6.07) is 6.59. The Balaban J connectivity index is 1.73. The van der Waals surface area contributed by atoms with Crippen LogP contribution < -0.4 is 0 Å². The van der Waals surface area contributed by atoms with E-state index in [-0.39, 0.29) is 17.6 Å². The summed E-state index contributed by atoms with van der Waals surface area (Å²) in [4.78, 5) is 25.7. The van der Waals surface area contributed by atoms with Gasteiger partial charge in [-0.15, -0.1) is 0 Å². The number of benzene rings is 1. The van der Waals surface area contributed by atoms with Crippen LogP contribution in [0, 0.1) is 0 Å². The van der Waals surface area contributed by atoms with E-state index in [1.54, 1.807) is 33.8 Å². The van der Waals surface area contributed by atoms with E-state index >= 15 is 0 Å². The minimum atomic E-state index is -1.06. The molecule has 26 heavy (non-hydrogen) atoms. The van der Waals surface area contributed by atoms with E-state index in [4.69, 9.17) is 28.3 Å². The van der Waals surface area contributed by atoms with Gasteiger partial charge < -0.3 is 10.0 Å². The maximum atomic E-state index is 12.8. The second-order valence-corrected chi connectivity index (χ2v) is 7.25. The van der Waals surface area contributed by atoms with Gasteiger partial charge in [0, 0.05) is 29.6 Å². The molecule has 0 aliphatic carbocycles. The van der Waals surface area contributed by atoms with Gasteiger partial charge in [-0.25, -0.2) is 4.79 Å². The number of rotatable bonds is 4. The Morgan fingerprint density at radius 2 is 1.88 bits per heavy atom. The molecule has 0 saturated carbocycles. The van der Waals surface area contributed by atoms with Gasteiger partial charge in [-0.05, 0) is 49.6 Å². The van der Waals surface area contributed by atoms with Crippen molar-refractivity contribution in [3.63, 3.8) is 0 Å². The summed E-state index contributed by atoms with van der Waals surface area (Å²) in [5.74, 6) is -1.05. The molecule has 0 saturated heterocycles. The first-order valence-corrected chi connectivity index (χ1v) is 9.16. The number of aromatic nitrogens is 2. The first kappa shape index (κ1) is 18.7. The van der Waals surface area contributed by atoms with Crippen molar-refractivity contribution in [2.75, 3.05) is 6.54 Å². The van der Waals surface area contributed by atoms with E-state index in [1.807, 2.05) is 6.92 Å². The van der Waals surface area contributed by atoms with Crippen LogP contribution in [0.2, 0.25) is 10.0 Å². The molecule has 2 heterocycles. The molecule has 1 aromatic heterocycles. The summed E-state index contributed by atoms with van der Waals surface area (Å²) in [6.07, 6.45) is 1.61. The summed E-state index contributed by atoms with van der Waals surface area (Å²) < 4.78 is 1.69. The van der Waals surface area contributed by atoms with Gasteiger partial charge in [0.25, 0.3) is 0 Å². The predicted molar refractivity (Wildman–Crippen MR) is 98.7 cm³/mol. The van der Waals surface area contributed by atoms with Crippen molar-refractivity contribution in [1.29, 1.82) is 0 Å². The molecular formula is C18H19Cl2N3O3. The van der Waals surface area contributed by atoms with Crippen LogP contribution in [-0.2, 0) is 17.8 Å². The minimum absolute atomic E-state index is 0.00900. The fourth-order valence-corrected chi connectivity index (χ4v) is 3.86. The molecule has 1 unspecified atom stereocenters. The van der Waals surface area contributed by atoms with E-state index in [9.17, 15) is 9.59 Å². The van der Waals surface area contributed by atoms with Gasteiger partial charge in [-0.1, -0.05) is 23.2 Å². The normalized spacial score (nSPS) is 16.9. The van der Waals surface area contributed by atoms with Gasteiger partial charge in [0.2, 0.25) is 5.91 Å². The zero-order chi connectivity index (χ0) is 18.8. The SMILES string of the molecule is CC1c2cc(C(=O)O)nn2CCCN1C(=O)CCc1cc(Cl)cc(Cl)c1. The van der Waals surface area contributed by atoms with Gasteiger partial charge in [0.05, 0.1) is 11.7 Å². The van der Waals surface area contributed by atoms with E-state index in [0.29, 0.717) is 36.0 Å². The Hall–Kier alpha value is -2.05. The van der Waals surface area contributed by atoms with Gasteiger partial charge in [-0.2, -0.15) is 5.10 Å². The molecular weight excluding hydrogens is 377 g/mol. The topological polar surface area (TPSA) is 75.4 Å². The number of carboxylic acid groups (broad SMARTS) is 1. The number of carbonyl (C=O) groups excluding carboxylic acids is 1. The van der Waals surface area contributed by atoms with Crippen LogP contribution in [0.25, 0.3) is 0 Å². The summed E-state index contributed by atoms with van der Waals surface area (Å²) in [5.41, 5.74) is 1.67. The lowest BCUT2D eigenvalue weighted by Crippen LogP contribution is -2.33. The molecule has 138 valence electrons. The molecule has 1 aromatic carbocycles. The van der Waals surface area contributed by atoms with Crippen LogP contribution in [0.1, 0.15) is 47.6 Å². The highest BCUT2D eigenvalue weighted by Gasteiger charge is 2.28. The second-order valence-electron chi connectivity index (χ2n) is 6.38. The van der Waals surface area contributed by atoms with Crippen molar-refractivity contribution < 1.29 is 14.7 Å². The van der Waals surface area contributed by atoms with Crippen molar-refractivity contribution in [3.8, 4) is 0 Å². The smallest absolute Gasteiger partial charge is 0.356 e. The summed E-state index contributed by atoms with van der Waals surface area (Å²) >= 11 is 12.0. The lowest BCUT2D eigenvalue weighted by molar-refractivity contribution is -0.133. The third-order valence-electron chi connectivity index (χ3n) is 4.56. The highest BCUT2D eigenvalue weighted by molar-refractivity contribution is 6.34. The highest BCUT2D eigenvalue weighted by Crippen LogP contribution is 2.26. The molecule has 1 aliphatic heterocycles. The molecule has 1 atom stereocenters. The number of aromatic carboxylic acids is 1. The number of amides is 1. The zero-order valence-corrected chi connectivity index (χ0v) is 15.8. The van der Waals surface area contributed by atoms with Crippen LogP contribution in [0.15, 0.2) is 24.3 Å². The second kappa shape index (κ2) is 7.68. The predicted octanol–water partition coefficient (Wildman–Crippen LogP) is 3.81. The standard InChI is InChI=1S/C18H19Cl2N3O3/c1-11-16-10-15(18(25)26)21-23(16)6-2-5-22(11)17(24)4-3-12-7-13(19)9-14(20)8-12/h7-11H,2-6H2,1H3,(H,25,26). The van der Waals surface area contributed by atoms with Crippen molar-refractivity contribution in [1.82, 2.24) is 14.7 Å².